The number of nitrogens with one attached hydrogen (secondary N) is 1. The van der Waals surface area contributed by atoms with Crippen LogP contribution in [0.15, 0.2) is 0 Å². The molecule has 0 amide bonds. The zero-order valence-electron chi connectivity index (χ0n) is 10.4. The second-order valence-electron chi connectivity index (χ2n) is 4.43. The van der Waals surface area contributed by atoms with Gasteiger partial charge in [-0.2, -0.15) is 0 Å². The van der Waals surface area contributed by atoms with E-state index >= 15 is 0 Å². The van der Waals surface area contributed by atoms with E-state index in [2.05, 4.69) is 15.3 Å². The lowest BCUT2D eigenvalue weighted by Crippen LogP contribution is -2.31. The van der Waals surface area contributed by atoms with Gasteiger partial charge in [0.1, 0.15) is 16.8 Å². The maximum Gasteiger partial charge on any atom is 0.156 e. The summed E-state index contributed by atoms with van der Waals surface area (Å²) in [6, 6.07) is 0.0802. The summed E-state index contributed by atoms with van der Waals surface area (Å²) in [5.41, 5.74) is 0.298. The van der Waals surface area contributed by atoms with Crippen molar-refractivity contribution < 1.29 is 9.53 Å². The summed E-state index contributed by atoms with van der Waals surface area (Å²) in [5, 5.41) is 3.37. The van der Waals surface area contributed by atoms with Gasteiger partial charge in [0, 0.05) is 6.61 Å². The highest BCUT2D eigenvalue weighted by Gasteiger charge is 2.23. The summed E-state index contributed by atoms with van der Waals surface area (Å²) < 4.78 is 5.59. The number of hydrogen-bond donors (Lipinski definition) is 1. The van der Waals surface area contributed by atoms with Crippen molar-refractivity contribution in [2.75, 3.05) is 11.9 Å². The van der Waals surface area contributed by atoms with Crippen LogP contribution in [0.4, 0.5) is 5.82 Å². The van der Waals surface area contributed by atoms with Gasteiger partial charge in [0.2, 0.25) is 0 Å². The van der Waals surface area contributed by atoms with Gasteiger partial charge in [-0.15, -0.1) is 0 Å². The van der Waals surface area contributed by atoms with Crippen LogP contribution in [0.25, 0.3) is 0 Å². The highest BCUT2D eigenvalue weighted by molar-refractivity contribution is 6.32. The van der Waals surface area contributed by atoms with E-state index in [0.29, 0.717) is 23.5 Å². The smallest absolute Gasteiger partial charge is 0.156 e. The molecule has 1 N–H and O–H groups in total. The Balaban J connectivity index is 2.19. The number of carbonyl (C=O) groups is 1. The Hall–Kier alpha value is -1.20. The molecule has 1 fully saturated rings. The van der Waals surface area contributed by atoms with Crippen LogP contribution in [-0.4, -0.2) is 35.0 Å². The zero-order valence-corrected chi connectivity index (χ0v) is 11.2. The van der Waals surface area contributed by atoms with Crippen molar-refractivity contribution >= 4 is 23.7 Å². The van der Waals surface area contributed by atoms with Gasteiger partial charge in [-0.3, -0.25) is 4.79 Å². The molecule has 1 saturated heterocycles. The number of anilines is 1. The molecule has 1 aliphatic rings. The van der Waals surface area contributed by atoms with E-state index in [1.807, 2.05) is 6.92 Å². The Bertz CT molecular complexity index is 447. The van der Waals surface area contributed by atoms with E-state index in [-0.39, 0.29) is 17.3 Å². The molecule has 0 aliphatic carbocycles. The number of halogens is 1. The molecular formula is C12H16ClN3O2. The number of ether oxygens (including phenoxy) is 1. The van der Waals surface area contributed by atoms with Gasteiger partial charge in [0.05, 0.1) is 17.7 Å². The van der Waals surface area contributed by atoms with E-state index in [4.69, 9.17) is 16.3 Å². The number of rotatable bonds is 4. The molecule has 1 aromatic heterocycles. The maximum absolute atomic E-state index is 11.0. The van der Waals surface area contributed by atoms with E-state index in [9.17, 15) is 4.79 Å². The summed E-state index contributed by atoms with van der Waals surface area (Å²) in [4.78, 5) is 19.2. The lowest BCUT2D eigenvalue weighted by molar-refractivity contribution is 0.0994. The molecule has 2 heterocycles. The second-order valence-corrected chi connectivity index (χ2v) is 4.78. The molecule has 18 heavy (non-hydrogen) atoms. The van der Waals surface area contributed by atoms with Crippen molar-refractivity contribution in [1.82, 2.24) is 9.97 Å². The van der Waals surface area contributed by atoms with Crippen LogP contribution in [0, 0.1) is 6.92 Å². The van der Waals surface area contributed by atoms with Crippen molar-refractivity contribution in [3.05, 3.63) is 16.5 Å². The number of carbonyl (C=O) groups excluding carboxylic acids is 1. The third-order valence-corrected chi connectivity index (χ3v) is 3.30. The summed E-state index contributed by atoms with van der Waals surface area (Å²) in [5.74, 6) is 1.01. The molecular weight excluding hydrogens is 254 g/mol. The highest BCUT2D eigenvalue weighted by atomic mass is 35.5. The molecule has 0 bridgehead atoms. The molecule has 2 rings (SSSR count). The third kappa shape index (κ3) is 2.79. The zero-order chi connectivity index (χ0) is 13.1. The SMILES string of the molecule is Cc1nc(Cl)c(C=O)c(NC(C)C2CCCO2)n1. The Kier molecular flexibility index (Phi) is 4.14. The summed E-state index contributed by atoms with van der Waals surface area (Å²) >= 11 is 5.92. The average Bonchev–Trinajstić information content (AvgIpc) is 2.81. The molecule has 2 unspecified atom stereocenters. The van der Waals surface area contributed by atoms with E-state index in [1.165, 1.54) is 0 Å². The van der Waals surface area contributed by atoms with Gasteiger partial charge in [-0.05, 0) is 26.7 Å². The Morgan fingerprint density at radius 1 is 1.56 bits per heavy atom. The van der Waals surface area contributed by atoms with Crippen LogP contribution in [0.5, 0.6) is 0 Å². The lowest BCUT2D eigenvalue weighted by Gasteiger charge is -2.21. The Morgan fingerprint density at radius 2 is 2.33 bits per heavy atom. The minimum absolute atomic E-state index is 0.0802. The summed E-state index contributed by atoms with van der Waals surface area (Å²) in [7, 11) is 0. The topological polar surface area (TPSA) is 64.1 Å². The van der Waals surface area contributed by atoms with Crippen molar-refractivity contribution in [2.24, 2.45) is 0 Å². The summed E-state index contributed by atoms with van der Waals surface area (Å²) in [6.45, 7) is 4.54. The van der Waals surface area contributed by atoms with E-state index < -0.39 is 0 Å². The molecule has 0 aromatic carbocycles. The highest BCUT2D eigenvalue weighted by Crippen LogP contribution is 2.23. The van der Waals surface area contributed by atoms with Gasteiger partial charge in [0.15, 0.2) is 6.29 Å². The first-order valence-electron chi connectivity index (χ1n) is 5.99. The van der Waals surface area contributed by atoms with Crippen LogP contribution in [-0.2, 0) is 4.74 Å². The van der Waals surface area contributed by atoms with Gasteiger partial charge < -0.3 is 10.1 Å². The molecule has 1 aliphatic heterocycles. The molecule has 0 radical (unpaired) electrons. The second kappa shape index (κ2) is 5.63. The fraction of sp³-hybridized carbons (Fsp3) is 0.583. The number of aryl methyl sites for hydroxylation is 1. The maximum atomic E-state index is 11.0. The Labute approximate surface area is 111 Å². The minimum atomic E-state index is 0.0802. The fourth-order valence-electron chi connectivity index (χ4n) is 2.07. The van der Waals surface area contributed by atoms with Gasteiger partial charge in [-0.1, -0.05) is 11.6 Å². The van der Waals surface area contributed by atoms with Crippen LogP contribution in [0.3, 0.4) is 0 Å². The number of aromatic nitrogens is 2. The largest absolute Gasteiger partial charge is 0.376 e. The molecule has 6 heteroatoms. The van der Waals surface area contributed by atoms with E-state index in [1.54, 1.807) is 6.92 Å². The third-order valence-electron chi connectivity index (χ3n) is 3.02. The van der Waals surface area contributed by atoms with Crippen LogP contribution >= 0.6 is 11.6 Å². The lowest BCUT2D eigenvalue weighted by atomic mass is 10.1. The predicted molar refractivity (Wildman–Crippen MR) is 69.2 cm³/mol. The van der Waals surface area contributed by atoms with Crippen molar-refractivity contribution in [3.8, 4) is 0 Å². The number of hydrogen-bond acceptors (Lipinski definition) is 5. The van der Waals surface area contributed by atoms with Gasteiger partial charge in [0.25, 0.3) is 0 Å². The first kappa shape index (κ1) is 13.2. The van der Waals surface area contributed by atoms with Crippen molar-refractivity contribution in [1.29, 1.82) is 0 Å². The predicted octanol–water partition coefficient (Wildman–Crippen LogP) is 2.23. The molecule has 1 aromatic rings. The van der Waals surface area contributed by atoms with Gasteiger partial charge in [-0.25, -0.2) is 9.97 Å². The molecule has 0 spiro atoms. The number of nitrogens with zero attached hydrogens (tertiary/aromatic N) is 2. The van der Waals surface area contributed by atoms with Crippen LogP contribution in [0.2, 0.25) is 5.15 Å². The van der Waals surface area contributed by atoms with Crippen LogP contribution in [0.1, 0.15) is 35.9 Å². The standard InChI is InChI=1S/C12H16ClN3O2/c1-7(10-4-3-5-18-10)14-12-9(6-17)11(13)15-8(2)16-12/h6-7,10H,3-5H2,1-2H3,(H,14,15,16). The van der Waals surface area contributed by atoms with Crippen LogP contribution < -0.4 is 5.32 Å². The molecule has 2 atom stereocenters. The normalized spacial score (nSPS) is 20.7. The number of aldehydes is 1. The fourth-order valence-corrected chi connectivity index (χ4v) is 2.32. The summed E-state index contributed by atoms with van der Waals surface area (Å²) in [6.07, 6.45) is 2.91. The first-order valence-corrected chi connectivity index (χ1v) is 6.37. The average molecular weight is 270 g/mol. The first-order chi connectivity index (χ1) is 8.61. The van der Waals surface area contributed by atoms with Crippen molar-refractivity contribution in [3.63, 3.8) is 0 Å². The van der Waals surface area contributed by atoms with Gasteiger partial charge >= 0.3 is 0 Å². The molecule has 5 nitrogen and oxygen atoms in total. The quantitative estimate of drug-likeness (QED) is 0.671. The molecule has 0 saturated carbocycles. The van der Waals surface area contributed by atoms with E-state index in [0.717, 1.165) is 19.4 Å². The van der Waals surface area contributed by atoms with Crippen molar-refractivity contribution in [2.45, 2.75) is 38.8 Å². The molecule has 98 valence electrons. The monoisotopic (exact) mass is 269 g/mol. The minimum Gasteiger partial charge on any atom is -0.376 e. The Morgan fingerprint density at radius 3 is 2.94 bits per heavy atom.